The number of amides is 3. The molecule has 31 heavy (non-hydrogen) atoms. The summed E-state index contributed by atoms with van der Waals surface area (Å²) in [5.41, 5.74) is 0.202. The topological polar surface area (TPSA) is 102 Å². The van der Waals surface area contributed by atoms with E-state index in [1.807, 2.05) is 17.5 Å². The Bertz CT molecular complexity index is 1120. The number of nitrogens with zero attached hydrogens (tertiary/aromatic N) is 2. The van der Waals surface area contributed by atoms with Crippen molar-refractivity contribution in [3.05, 3.63) is 56.0 Å². The molecule has 3 amide bonds. The van der Waals surface area contributed by atoms with Crippen LogP contribution in [0.4, 0.5) is 4.79 Å². The lowest BCUT2D eigenvalue weighted by Crippen LogP contribution is -2.41. The quantitative estimate of drug-likeness (QED) is 0.360. The van der Waals surface area contributed by atoms with Crippen molar-refractivity contribution in [3.63, 3.8) is 0 Å². The number of hydrogen-bond donors (Lipinski definition) is 2. The van der Waals surface area contributed by atoms with Gasteiger partial charge in [0, 0.05) is 23.6 Å². The molecular weight excluding hydrogens is 460 g/mol. The molecule has 2 heterocycles. The Hall–Kier alpha value is -2.40. The third-order valence-corrected chi connectivity index (χ3v) is 6.37. The zero-order chi connectivity index (χ0) is 22.2. The summed E-state index contributed by atoms with van der Waals surface area (Å²) in [4.78, 5) is 42.6. The standard InChI is InChI=1S/C20H21ClN4O4S2/c1-29-9-8-25-18(27)15-5-4-13(21)11-16(15)23-20(25)31-12-17(26)24-19(28)22-7-6-14-3-2-10-30-14/h2-5,10-11H,6-9,12H2,1H3,(H2,22,24,26,28). The third-order valence-electron chi connectivity index (χ3n) is 4.22. The predicted molar refractivity (Wildman–Crippen MR) is 123 cm³/mol. The van der Waals surface area contributed by atoms with Crippen molar-refractivity contribution in [3.8, 4) is 0 Å². The van der Waals surface area contributed by atoms with Gasteiger partial charge in [-0.3, -0.25) is 19.5 Å². The number of nitrogens with one attached hydrogen (secondary N) is 2. The number of carbonyl (C=O) groups excluding carboxylic acids is 2. The van der Waals surface area contributed by atoms with Gasteiger partial charge in [-0.1, -0.05) is 29.4 Å². The molecule has 3 aromatic rings. The van der Waals surface area contributed by atoms with E-state index in [1.54, 1.807) is 29.5 Å². The third kappa shape index (κ3) is 6.54. The Morgan fingerprint density at radius 1 is 1.32 bits per heavy atom. The zero-order valence-electron chi connectivity index (χ0n) is 16.7. The van der Waals surface area contributed by atoms with Crippen molar-refractivity contribution >= 4 is 57.5 Å². The van der Waals surface area contributed by atoms with Gasteiger partial charge >= 0.3 is 6.03 Å². The molecule has 164 valence electrons. The van der Waals surface area contributed by atoms with Crippen molar-refractivity contribution in [2.45, 2.75) is 18.1 Å². The molecule has 0 aliphatic rings. The number of ether oxygens (including phenoxy) is 1. The first-order valence-electron chi connectivity index (χ1n) is 9.40. The molecule has 2 aromatic heterocycles. The number of rotatable bonds is 9. The summed E-state index contributed by atoms with van der Waals surface area (Å²) >= 11 is 8.70. The van der Waals surface area contributed by atoms with Gasteiger partial charge in [0.05, 0.1) is 29.8 Å². The maximum atomic E-state index is 12.9. The minimum Gasteiger partial charge on any atom is -0.383 e. The number of carbonyl (C=O) groups is 2. The summed E-state index contributed by atoms with van der Waals surface area (Å²) in [6.45, 7) is 1.03. The second-order valence-electron chi connectivity index (χ2n) is 6.43. The molecule has 0 spiro atoms. The summed E-state index contributed by atoms with van der Waals surface area (Å²) in [5.74, 6) is -0.568. The molecule has 0 aliphatic carbocycles. The SMILES string of the molecule is COCCn1c(SCC(=O)NC(=O)NCCc2cccs2)nc2cc(Cl)ccc2c1=O. The highest BCUT2D eigenvalue weighted by Gasteiger charge is 2.15. The molecule has 3 rings (SSSR count). The van der Waals surface area contributed by atoms with E-state index in [0.717, 1.165) is 16.6 Å². The second kappa shape index (κ2) is 11.3. The van der Waals surface area contributed by atoms with E-state index in [2.05, 4.69) is 15.6 Å². The number of imide groups is 1. The molecule has 1 aromatic carbocycles. The van der Waals surface area contributed by atoms with Crippen LogP contribution in [-0.4, -0.2) is 47.5 Å². The van der Waals surface area contributed by atoms with Gasteiger partial charge in [0.2, 0.25) is 5.91 Å². The lowest BCUT2D eigenvalue weighted by molar-refractivity contribution is -0.117. The molecular formula is C20H21ClN4O4S2. The fraction of sp³-hybridized carbons (Fsp3) is 0.300. The Morgan fingerprint density at radius 2 is 2.16 bits per heavy atom. The highest BCUT2D eigenvalue weighted by molar-refractivity contribution is 7.99. The second-order valence-corrected chi connectivity index (χ2v) is 8.84. The van der Waals surface area contributed by atoms with Crippen LogP contribution in [0.3, 0.4) is 0 Å². The lowest BCUT2D eigenvalue weighted by Gasteiger charge is -2.13. The molecule has 0 fully saturated rings. The van der Waals surface area contributed by atoms with Crippen LogP contribution < -0.4 is 16.2 Å². The summed E-state index contributed by atoms with van der Waals surface area (Å²) in [5, 5.41) is 8.15. The number of benzene rings is 1. The van der Waals surface area contributed by atoms with Crippen LogP contribution >= 0.6 is 34.7 Å². The molecule has 0 saturated heterocycles. The Kier molecular flexibility index (Phi) is 8.47. The average molecular weight is 481 g/mol. The van der Waals surface area contributed by atoms with Gasteiger partial charge in [-0.15, -0.1) is 11.3 Å². The molecule has 11 heteroatoms. The molecule has 0 radical (unpaired) electrons. The monoisotopic (exact) mass is 480 g/mol. The molecule has 0 aliphatic heterocycles. The summed E-state index contributed by atoms with van der Waals surface area (Å²) in [6.07, 6.45) is 0.698. The van der Waals surface area contributed by atoms with Gasteiger partial charge in [-0.05, 0) is 36.1 Å². The molecule has 0 unspecified atom stereocenters. The van der Waals surface area contributed by atoms with E-state index < -0.39 is 11.9 Å². The van der Waals surface area contributed by atoms with E-state index in [1.165, 1.54) is 11.7 Å². The maximum Gasteiger partial charge on any atom is 0.321 e. The predicted octanol–water partition coefficient (Wildman–Crippen LogP) is 2.92. The van der Waals surface area contributed by atoms with Crippen LogP contribution in [0.15, 0.2) is 45.7 Å². The number of thioether (sulfide) groups is 1. The number of hydrogen-bond acceptors (Lipinski definition) is 7. The molecule has 2 N–H and O–H groups in total. The largest absolute Gasteiger partial charge is 0.383 e. The van der Waals surface area contributed by atoms with Crippen molar-refractivity contribution in [2.24, 2.45) is 0 Å². The Balaban J connectivity index is 1.62. The van der Waals surface area contributed by atoms with E-state index in [-0.39, 0.29) is 17.9 Å². The summed E-state index contributed by atoms with van der Waals surface area (Å²) < 4.78 is 6.54. The number of thiophene rings is 1. The van der Waals surface area contributed by atoms with Gasteiger partial charge in [0.15, 0.2) is 5.16 Å². The van der Waals surface area contributed by atoms with E-state index in [9.17, 15) is 14.4 Å². The van der Waals surface area contributed by atoms with E-state index in [0.29, 0.717) is 40.7 Å². The zero-order valence-corrected chi connectivity index (χ0v) is 19.1. The van der Waals surface area contributed by atoms with Crippen LogP contribution in [0.25, 0.3) is 10.9 Å². The van der Waals surface area contributed by atoms with Crippen molar-refractivity contribution in [1.82, 2.24) is 20.2 Å². The van der Waals surface area contributed by atoms with Gasteiger partial charge in [0.1, 0.15) is 0 Å². The minimum atomic E-state index is -0.558. The summed E-state index contributed by atoms with van der Waals surface area (Å²) in [7, 11) is 1.54. The van der Waals surface area contributed by atoms with E-state index in [4.69, 9.17) is 16.3 Å². The molecule has 8 nitrogen and oxygen atoms in total. The molecule has 0 saturated carbocycles. The number of fused-ring (bicyclic) bond motifs is 1. The average Bonchev–Trinajstić information content (AvgIpc) is 3.25. The van der Waals surface area contributed by atoms with Gasteiger partial charge in [-0.2, -0.15) is 0 Å². The van der Waals surface area contributed by atoms with Crippen molar-refractivity contribution in [2.75, 3.05) is 26.0 Å². The van der Waals surface area contributed by atoms with Gasteiger partial charge in [-0.25, -0.2) is 9.78 Å². The number of urea groups is 1. The van der Waals surface area contributed by atoms with Crippen molar-refractivity contribution < 1.29 is 14.3 Å². The first kappa shape index (κ1) is 23.3. The minimum absolute atomic E-state index is 0.0795. The molecule has 0 bridgehead atoms. The first-order valence-corrected chi connectivity index (χ1v) is 11.6. The van der Waals surface area contributed by atoms with Gasteiger partial charge < -0.3 is 10.1 Å². The lowest BCUT2D eigenvalue weighted by atomic mass is 10.2. The smallest absolute Gasteiger partial charge is 0.321 e. The van der Waals surface area contributed by atoms with Crippen LogP contribution in [0.2, 0.25) is 5.02 Å². The van der Waals surface area contributed by atoms with E-state index >= 15 is 0 Å². The van der Waals surface area contributed by atoms with Crippen LogP contribution in [0.5, 0.6) is 0 Å². The van der Waals surface area contributed by atoms with Crippen molar-refractivity contribution in [1.29, 1.82) is 0 Å². The first-order chi connectivity index (χ1) is 15.0. The number of halogens is 1. The normalized spacial score (nSPS) is 10.9. The van der Waals surface area contributed by atoms with Gasteiger partial charge in [0.25, 0.3) is 5.56 Å². The maximum absolute atomic E-state index is 12.9. The van der Waals surface area contributed by atoms with Crippen LogP contribution in [0.1, 0.15) is 4.88 Å². The fourth-order valence-electron chi connectivity index (χ4n) is 2.75. The molecule has 0 atom stereocenters. The number of methoxy groups -OCH3 is 1. The Morgan fingerprint density at radius 3 is 2.90 bits per heavy atom. The van der Waals surface area contributed by atoms with Crippen LogP contribution in [0, 0.1) is 0 Å². The Labute approximate surface area is 192 Å². The number of aromatic nitrogens is 2. The van der Waals surface area contributed by atoms with Crippen LogP contribution in [-0.2, 0) is 22.5 Å². The highest BCUT2D eigenvalue weighted by Crippen LogP contribution is 2.20. The fourth-order valence-corrected chi connectivity index (χ4v) is 4.46. The summed E-state index contributed by atoms with van der Waals surface area (Å²) in [6, 6.07) is 8.23. The highest BCUT2D eigenvalue weighted by atomic mass is 35.5.